The van der Waals surface area contributed by atoms with Crippen LogP contribution in [0.4, 0.5) is 0 Å². The molecule has 2 heterocycles. The first-order valence-corrected chi connectivity index (χ1v) is 7.91. The number of fused-ring (bicyclic) bond motifs is 3. The molecule has 1 fully saturated rings. The number of ketones is 1. The summed E-state index contributed by atoms with van der Waals surface area (Å²) in [6.07, 6.45) is 1.55. The minimum absolute atomic E-state index is 0. The van der Waals surface area contributed by atoms with Gasteiger partial charge >= 0.3 is 0 Å². The molecule has 0 aromatic heterocycles. The van der Waals surface area contributed by atoms with Gasteiger partial charge in [0, 0.05) is 10.6 Å². The number of rotatable bonds is 0. The molecule has 0 atom stereocenters. The number of hydrogen-bond acceptors (Lipinski definition) is 3. The molecular weight excluding hydrogens is 378 g/mol. The summed E-state index contributed by atoms with van der Waals surface area (Å²) in [6, 6.07) is 13.2. The van der Waals surface area contributed by atoms with Crippen LogP contribution in [0, 0.1) is 0 Å². The van der Waals surface area contributed by atoms with Crippen molar-refractivity contribution in [3.8, 4) is 11.5 Å². The van der Waals surface area contributed by atoms with E-state index in [2.05, 4.69) is 5.32 Å². The van der Waals surface area contributed by atoms with Crippen molar-refractivity contribution in [3.63, 3.8) is 0 Å². The van der Waals surface area contributed by atoms with Crippen molar-refractivity contribution in [3.05, 3.63) is 58.6 Å². The quantitative estimate of drug-likeness (QED) is 0.713. The Morgan fingerprint density at radius 1 is 1.04 bits per heavy atom. The maximum absolute atomic E-state index is 13.4. The van der Waals surface area contributed by atoms with E-state index in [0.717, 1.165) is 37.2 Å². The Labute approximate surface area is 150 Å². The largest absolute Gasteiger partial charge is 0.456 e. The van der Waals surface area contributed by atoms with Crippen LogP contribution in [0.15, 0.2) is 42.5 Å². The van der Waals surface area contributed by atoms with Gasteiger partial charge in [0.2, 0.25) is 0 Å². The molecular formula is C18H17BrClNO2. The van der Waals surface area contributed by atoms with Crippen LogP contribution < -0.4 is 10.1 Å². The van der Waals surface area contributed by atoms with Gasteiger partial charge in [-0.15, -0.1) is 17.0 Å². The number of carbonyl (C=O) groups excluding carboxylic acids is 1. The number of hydrogen-bond donors (Lipinski definition) is 1. The predicted molar refractivity (Wildman–Crippen MR) is 96.4 cm³/mol. The highest BCUT2D eigenvalue weighted by Gasteiger charge is 2.45. The highest BCUT2D eigenvalue weighted by atomic mass is 79.9. The minimum atomic E-state index is -0.516. The Morgan fingerprint density at radius 2 is 1.78 bits per heavy atom. The number of carbonyl (C=O) groups is 1. The van der Waals surface area contributed by atoms with Crippen LogP contribution in [-0.4, -0.2) is 18.9 Å². The van der Waals surface area contributed by atoms with E-state index < -0.39 is 5.41 Å². The van der Waals surface area contributed by atoms with Crippen molar-refractivity contribution in [1.82, 2.24) is 5.32 Å². The molecule has 120 valence electrons. The summed E-state index contributed by atoms with van der Waals surface area (Å²) in [5, 5.41) is 3.91. The molecule has 0 radical (unpaired) electrons. The van der Waals surface area contributed by atoms with E-state index in [4.69, 9.17) is 16.3 Å². The monoisotopic (exact) mass is 393 g/mol. The Morgan fingerprint density at radius 3 is 2.57 bits per heavy atom. The van der Waals surface area contributed by atoms with Gasteiger partial charge in [0.1, 0.15) is 11.5 Å². The van der Waals surface area contributed by atoms with Gasteiger partial charge < -0.3 is 10.1 Å². The maximum atomic E-state index is 13.4. The van der Waals surface area contributed by atoms with Crippen LogP contribution in [-0.2, 0) is 5.41 Å². The lowest BCUT2D eigenvalue weighted by Gasteiger charge is -2.36. The standard InChI is InChI=1S/C18H16ClNO2.BrH/c19-12-5-6-15-13(11-12)17(21)18(7-9-20-10-8-18)14-3-1-2-4-16(14)22-15;/h1-6,11,20H,7-10H2;1H. The van der Waals surface area contributed by atoms with E-state index in [1.807, 2.05) is 24.3 Å². The third-order valence-electron chi connectivity index (χ3n) is 4.70. The number of piperidine rings is 1. The number of nitrogens with one attached hydrogen (secondary N) is 1. The summed E-state index contributed by atoms with van der Waals surface area (Å²) >= 11 is 6.11. The topological polar surface area (TPSA) is 38.3 Å². The van der Waals surface area contributed by atoms with Crippen molar-refractivity contribution in [2.24, 2.45) is 0 Å². The van der Waals surface area contributed by atoms with Gasteiger partial charge in [-0.05, 0) is 50.2 Å². The number of benzene rings is 2. The summed E-state index contributed by atoms with van der Waals surface area (Å²) in [5.74, 6) is 1.49. The zero-order valence-electron chi connectivity index (χ0n) is 12.5. The van der Waals surface area contributed by atoms with E-state index in [0.29, 0.717) is 16.3 Å². The van der Waals surface area contributed by atoms with Crippen LogP contribution in [0.3, 0.4) is 0 Å². The van der Waals surface area contributed by atoms with Gasteiger partial charge in [0.05, 0.1) is 11.0 Å². The molecule has 1 spiro atoms. The molecule has 4 rings (SSSR count). The lowest BCUT2D eigenvalue weighted by atomic mass is 9.68. The van der Waals surface area contributed by atoms with E-state index >= 15 is 0 Å². The molecule has 2 aliphatic heterocycles. The van der Waals surface area contributed by atoms with Crippen molar-refractivity contribution >= 4 is 34.4 Å². The molecule has 0 amide bonds. The van der Waals surface area contributed by atoms with E-state index in [1.54, 1.807) is 18.2 Å². The third kappa shape index (κ3) is 2.59. The van der Waals surface area contributed by atoms with Crippen molar-refractivity contribution in [2.75, 3.05) is 13.1 Å². The molecule has 0 saturated carbocycles. The van der Waals surface area contributed by atoms with Gasteiger partial charge in [0.25, 0.3) is 0 Å². The molecule has 0 bridgehead atoms. The Bertz CT molecular complexity index is 756. The molecule has 3 nitrogen and oxygen atoms in total. The maximum Gasteiger partial charge on any atom is 0.177 e. The second-order valence-electron chi connectivity index (χ2n) is 5.90. The number of Topliss-reactive ketones (excluding diaryl/α,β-unsaturated/α-hetero) is 1. The summed E-state index contributed by atoms with van der Waals surface area (Å²) in [4.78, 5) is 13.4. The van der Waals surface area contributed by atoms with Gasteiger partial charge in [-0.25, -0.2) is 0 Å². The molecule has 5 heteroatoms. The first-order valence-electron chi connectivity index (χ1n) is 7.53. The van der Waals surface area contributed by atoms with Crippen molar-refractivity contribution < 1.29 is 9.53 Å². The zero-order valence-corrected chi connectivity index (χ0v) is 14.9. The first kappa shape index (κ1) is 16.5. The lowest BCUT2D eigenvalue weighted by Crippen LogP contribution is -2.45. The van der Waals surface area contributed by atoms with Gasteiger partial charge in [-0.2, -0.15) is 0 Å². The lowest BCUT2D eigenvalue weighted by molar-refractivity contribution is 0.0849. The average Bonchev–Trinajstić information content (AvgIpc) is 2.65. The number of halogens is 2. The molecule has 1 N–H and O–H groups in total. The SMILES string of the molecule is Br.O=C1c2cc(Cl)ccc2Oc2ccccc2C12CCNCC2. The van der Waals surface area contributed by atoms with E-state index in [1.165, 1.54) is 0 Å². The fourth-order valence-electron chi connectivity index (χ4n) is 3.57. The van der Waals surface area contributed by atoms with Crippen molar-refractivity contribution in [1.29, 1.82) is 0 Å². The summed E-state index contributed by atoms with van der Waals surface area (Å²) < 4.78 is 6.06. The molecule has 0 unspecified atom stereocenters. The average molecular weight is 395 g/mol. The Kier molecular flexibility index (Phi) is 4.50. The van der Waals surface area contributed by atoms with Crippen LogP contribution in [0.1, 0.15) is 28.8 Å². The second-order valence-corrected chi connectivity index (χ2v) is 6.34. The van der Waals surface area contributed by atoms with E-state index in [9.17, 15) is 4.79 Å². The molecule has 1 saturated heterocycles. The Balaban J connectivity index is 0.00000156. The van der Waals surface area contributed by atoms with Crippen LogP contribution in [0.25, 0.3) is 0 Å². The third-order valence-corrected chi connectivity index (χ3v) is 4.94. The van der Waals surface area contributed by atoms with E-state index in [-0.39, 0.29) is 22.8 Å². The first-order chi connectivity index (χ1) is 10.7. The zero-order chi connectivity index (χ0) is 15.2. The number of para-hydroxylation sites is 1. The predicted octanol–water partition coefficient (Wildman–Crippen LogP) is 4.53. The second kappa shape index (κ2) is 6.27. The summed E-state index contributed by atoms with van der Waals surface area (Å²) in [6.45, 7) is 1.66. The highest BCUT2D eigenvalue weighted by molar-refractivity contribution is 8.93. The minimum Gasteiger partial charge on any atom is -0.456 e. The van der Waals surface area contributed by atoms with Crippen LogP contribution in [0.5, 0.6) is 11.5 Å². The smallest absolute Gasteiger partial charge is 0.177 e. The van der Waals surface area contributed by atoms with Gasteiger partial charge in [-0.3, -0.25) is 4.79 Å². The molecule has 2 aliphatic rings. The highest BCUT2D eigenvalue weighted by Crippen LogP contribution is 2.47. The molecule has 2 aromatic rings. The molecule has 23 heavy (non-hydrogen) atoms. The fourth-order valence-corrected chi connectivity index (χ4v) is 3.74. The van der Waals surface area contributed by atoms with Crippen LogP contribution >= 0.6 is 28.6 Å². The van der Waals surface area contributed by atoms with Gasteiger partial charge in [-0.1, -0.05) is 29.8 Å². The van der Waals surface area contributed by atoms with Crippen LogP contribution in [0.2, 0.25) is 5.02 Å². The summed E-state index contributed by atoms with van der Waals surface area (Å²) in [7, 11) is 0. The fraction of sp³-hybridized carbons (Fsp3) is 0.278. The summed E-state index contributed by atoms with van der Waals surface area (Å²) in [5.41, 5.74) is 1.07. The van der Waals surface area contributed by atoms with Gasteiger partial charge in [0.15, 0.2) is 5.78 Å². The number of ether oxygens (including phenoxy) is 1. The molecule has 0 aliphatic carbocycles. The van der Waals surface area contributed by atoms with Crippen molar-refractivity contribution in [2.45, 2.75) is 18.3 Å². The molecule has 2 aromatic carbocycles. The normalized spacial score (nSPS) is 18.2. The Hall–Kier alpha value is -1.36.